The smallest absolute Gasteiger partial charge is 0.270 e. The molecule has 0 unspecified atom stereocenters. The molecular weight excluding hydrogens is 236 g/mol. The lowest BCUT2D eigenvalue weighted by molar-refractivity contribution is -0.384. The minimum Gasteiger partial charge on any atom is -0.395 e. The minimum atomic E-state index is -0.555. The molecule has 1 rings (SSSR count). The quantitative estimate of drug-likeness (QED) is 0.342. The number of hydrogen-bond acceptors (Lipinski definition) is 5. The monoisotopic (exact) mass is 250 g/mol. The van der Waals surface area contributed by atoms with Gasteiger partial charge in [0.15, 0.2) is 6.29 Å². The third-order valence-corrected chi connectivity index (χ3v) is 2.41. The Balaban J connectivity index is 3.16. The molecule has 6 heteroatoms. The number of carbonyl (C=O) groups is 1. The Hall–Kier alpha value is -2.21. The number of benzene rings is 1. The van der Waals surface area contributed by atoms with Gasteiger partial charge in [0.25, 0.3) is 5.69 Å². The highest BCUT2D eigenvalue weighted by atomic mass is 16.6. The van der Waals surface area contributed by atoms with E-state index in [1.54, 1.807) is 11.0 Å². The van der Waals surface area contributed by atoms with E-state index < -0.39 is 4.92 Å². The first-order valence-electron chi connectivity index (χ1n) is 5.34. The summed E-state index contributed by atoms with van der Waals surface area (Å²) in [7, 11) is 0. The molecule has 0 aliphatic rings. The normalized spacial score (nSPS) is 9.83. The van der Waals surface area contributed by atoms with Crippen LogP contribution in [0.15, 0.2) is 30.9 Å². The summed E-state index contributed by atoms with van der Waals surface area (Å²) in [5.74, 6) is 0. The van der Waals surface area contributed by atoms with Gasteiger partial charge in [-0.1, -0.05) is 6.08 Å². The summed E-state index contributed by atoms with van der Waals surface area (Å²) in [6.45, 7) is 4.28. The van der Waals surface area contributed by atoms with E-state index in [0.29, 0.717) is 25.1 Å². The summed E-state index contributed by atoms with van der Waals surface area (Å²) in [5, 5.41) is 19.6. The zero-order chi connectivity index (χ0) is 13.5. The molecule has 1 aromatic rings. The van der Waals surface area contributed by atoms with Crippen molar-refractivity contribution in [3.63, 3.8) is 0 Å². The summed E-state index contributed by atoms with van der Waals surface area (Å²) in [6, 6.07) is 4.05. The van der Waals surface area contributed by atoms with E-state index in [2.05, 4.69) is 6.58 Å². The highest BCUT2D eigenvalue weighted by molar-refractivity contribution is 5.86. The molecule has 0 saturated heterocycles. The van der Waals surface area contributed by atoms with Crippen molar-refractivity contribution in [1.29, 1.82) is 0 Å². The average Bonchev–Trinajstić information content (AvgIpc) is 2.37. The van der Waals surface area contributed by atoms with Crippen molar-refractivity contribution in [1.82, 2.24) is 0 Å². The molecule has 0 fully saturated rings. The number of nitro benzene ring substituents is 1. The molecule has 0 heterocycles. The zero-order valence-electron chi connectivity index (χ0n) is 9.78. The number of carbonyl (C=O) groups excluding carboxylic acids is 1. The van der Waals surface area contributed by atoms with Gasteiger partial charge in [-0.3, -0.25) is 14.9 Å². The highest BCUT2D eigenvalue weighted by Gasteiger charge is 2.14. The predicted molar refractivity (Wildman–Crippen MR) is 68.0 cm³/mol. The molecule has 6 nitrogen and oxygen atoms in total. The molecule has 0 saturated carbocycles. The second-order valence-electron chi connectivity index (χ2n) is 3.58. The van der Waals surface area contributed by atoms with Crippen molar-refractivity contribution in [2.45, 2.75) is 0 Å². The largest absolute Gasteiger partial charge is 0.395 e. The first kappa shape index (κ1) is 13.9. The van der Waals surface area contributed by atoms with Crippen LogP contribution in [0.4, 0.5) is 11.4 Å². The molecule has 96 valence electrons. The molecule has 0 atom stereocenters. The van der Waals surface area contributed by atoms with Gasteiger partial charge in [-0.05, 0) is 6.07 Å². The molecule has 1 aromatic carbocycles. The summed E-state index contributed by atoms with van der Waals surface area (Å²) in [5.41, 5.74) is 0.632. The van der Waals surface area contributed by atoms with Gasteiger partial charge in [0.1, 0.15) is 0 Å². The number of hydrogen-bond donors (Lipinski definition) is 1. The van der Waals surface area contributed by atoms with Gasteiger partial charge in [-0.2, -0.15) is 0 Å². The summed E-state index contributed by atoms with van der Waals surface area (Å²) in [6.07, 6.45) is 2.20. The molecule has 0 spiro atoms. The van der Waals surface area contributed by atoms with Crippen molar-refractivity contribution in [3.05, 3.63) is 46.5 Å². The Morgan fingerprint density at radius 3 is 2.72 bits per heavy atom. The minimum absolute atomic E-state index is 0.0802. The maximum Gasteiger partial charge on any atom is 0.270 e. The fourth-order valence-corrected chi connectivity index (χ4v) is 1.62. The number of aliphatic hydroxyl groups is 1. The molecule has 0 bridgehead atoms. The van der Waals surface area contributed by atoms with E-state index in [0.717, 1.165) is 0 Å². The van der Waals surface area contributed by atoms with Crippen molar-refractivity contribution < 1.29 is 14.8 Å². The van der Waals surface area contributed by atoms with E-state index in [1.807, 2.05) is 0 Å². The van der Waals surface area contributed by atoms with Crippen LogP contribution in [0.5, 0.6) is 0 Å². The zero-order valence-corrected chi connectivity index (χ0v) is 9.78. The van der Waals surface area contributed by atoms with Crippen LogP contribution in [0.25, 0.3) is 0 Å². The fourth-order valence-electron chi connectivity index (χ4n) is 1.62. The van der Waals surface area contributed by atoms with Crippen LogP contribution in [0.2, 0.25) is 0 Å². The molecular formula is C12H14N2O4. The van der Waals surface area contributed by atoms with Gasteiger partial charge in [-0.15, -0.1) is 6.58 Å². The lowest BCUT2D eigenvalue weighted by Gasteiger charge is -2.23. The highest BCUT2D eigenvalue weighted by Crippen LogP contribution is 2.24. The Bertz CT molecular complexity index is 459. The van der Waals surface area contributed by atoms with Crippen LogP contribution in [-0.4, -0.2) is 36.0 Å². The second-order valence-corrected chi connectivity index (χ2v) is 3.58. The Kier molecular flexibility index (Phi) is 5.01. The van der Waals surface area contributed by atoms with E-state index in [-0.39, 0.29) is 17.9 Å². The molecule has 0 aliphatic carbocycles. The second kappa shape index (κ2) is 6.51. The van der Waals surface area contributed by atoms with Crippen molar-refractivity contribution in [3.8, 4) is 0 Å². The van der Waals surface area contributed by atoms with Crippen LogP contribution in [0, 0.1) is 10.1 Å². The standard InChI is InChI=1S/C12H14N2O4/c1-2-5-13(6-7-15)12-4-3-11(14(17)18)8-10(12)9-16/h2-4,8-9,15H,1,5-7H2. The number of anilines is 1. The number of nitro groups is 1. The number of nitrogens with zero attached hydrogens (tertiary/aromatic N) is 2. The van der Waals surface area contributed by atoms with Crippen molar-refractivity contribution >= 4 is 17.7 Å². The van der Waals surface area contributed by atoms with Gasteiger partial charge in [-0.25, -0.2) is 0 Å². The number of aldehydes is 1. The van der Waals surface area contributed by atoms with Crippen LogP contribution >= 0.6 is 0 Å². The fraction of sp³-hybridized carbons (Fsp3) is 0.250. The Morgan fingerprint density at radius 2 is 2.22 bits per heavy atom. The van der Waals surface area contributed by atoms with Gasteiger partial charge in [0.2, 0.25) is 0 Å². The van der Waals surface area contributed by atoms with Gasteiger partial charge in [0.05, 0.1) is 11.5 Å². The van der Waals surface area contributed by atoms with Crippen molar-refractivity contribution in [2.24, 2.45) is 0 Å². The molecule has 1 N–H and O–H groups in total. The van der Waals surface area contributed by atoms with Gasteiger partial charge < -0.3 is 10.0 Å². The van der Waals surface area contributed by atoms with Gasteiger partial charge in [0, 0.05) is 36.5 Å². The van der Waals surface area contributed by atoms with Crippen LogP contribution in [0.3, 0.4) is 0 Å². The SMILES string of the molecule is C=CCN(CCO)c1ccc([N+](=O)[O-])cc1C=O. The van der Waals surface area contributed by atoms with Crippen LogP contribution in [-0.2, 0) is 0 Å². The molecule has 18 heavy (non-hydrogen) atoms. The lowest BCUT2D eigenvalue weighted by atomic mass is 10.1. The Labute approximate surface area is 104 Å². The first-order valence-corrected chi connectivity index (χ1v) is 5.34. The van der Waals surface area contributed by atoms with E-state index in [1.165, 1.54) is 18.2 Å². The molecule has 0 aliphatic heterocycles. The third kappa shape index (κ3) is 3.14. The predicted octanol–water partition coefficient (Wildman–Crippen LogP) is 1.39. The number of aliphatic hydroxyl groups excluding tert-OH is 1. The summed E-state index contributed by atoms with van der Waals surface area (Å²) >= 11 is 0. The maximum atomic E-state index is 11.0. The third-order valence-electron chi connectivity index (χ3n) is 2.41. The van der Waals surface area contributed by atoms with E-state index in [4.69, 9.17) is 5.11 Å². The lowest BCUT2D eigenvalue weighted by Crippen LogP contribution is -2.27. The molecule has 0 radical (unpaired) electrons. The topological polar surface area (TPSA) is 83.7 Å². The Morgan fingerprint density at radius 1 is 1.50 bits per heavy atom. The van der Waals surface area contributed by atoms with Crippen LogP contribution < -0.4 is 4.90 Å². The van der Waals surface area contributed by atoms with Crippen LogP contribution in [0.1, 0.15) is 10.4 Å². The molecule has 0 amide bonds. The average molecular weight is 250 g/mol. The van der Waals surface area contributed by atoms with Gasteiger partial charge >= 0.3 is 0 Å². The van der Waals surface area contributed by atoms with E-state index in [9.17, 15) is 14.9 Å². The maximum absolute atomic E-state index is 11.0. The van der Waals surface area contributed by atoms with Crippen molar-refractivity contribution in [2.75, 3.05) is 24.6 Å². The first-order chi connectivity index (χ1) is 8.63. The number of non-ortho nitro benzene ring substituents is 1. The summed E-state index contributed by atoms with van der Waals surface area (Å²) < 4.78 is 0. The summed E-state index contributed by atoms with van der Waals surface area (Å²) in [4.78, 5) is 22.8. The van der Waals surface area contributed by atoms with E-state index >= 15 is 0 Å². The molecule has 0 aromatic heterocycles. The number of rotatable bonds is 7.